The number of benzene rings is 3. The molecule has 7 heteroatoms. The van der Waals surface area contributed by atoms with Gasteiger partial charge in [0, 0.05) is 10.4 Å². The van der Waals surface area contributed by atoms with Gasteiger partial charge in [-0.15, -0.1) is 0 Å². The van der Waals surface area contributed by atoms with E-state index in [0.29, 0.717) is 23.3 Å². The van der Waals surface area contributed by atoms with Crippen molar-refractivity contribution in [2.24, 2.45) is 5.10 Å². The number of nitrogens with zero attached hydrogens (tertiary/aromatic N) is 3. The quantitative estimate of drug-likeness (QED) is 0.228. The zero-order valence-electron chi connectivity index (χ0n) is 18.3. The summed E-state index contributed by atoms with van der Waals surface area (Å²) in [6.45, 7) is 4.61. The maximum atomic E-state index is 13.2. The van der Waals surface area contributed by atoms with Crippen molar-refractivity contribution < 1.29 is 4.74 Å². The van der Waals surface area contributed by atoms with E-state index in [9.17, 15) is 4.79 Å². The topological polar surface area (TPSA) is 56.5 Å². The number of aromatic nitrogens is 2. The van der Waals surface area contributed by atoms with Gasteiger partial charge in [-0.1, -0.05) is 60.1 Å². The summed E-state index contributed by atoms with van der Waals surface area (Å²) in [5, 5.41) is 5.06. The van der Waals surface area contributed by atoms with Crippen LogP contribution >= 0.6 is 31.9 Å². The van der Waals surface area contributed by atoms with Gasteiger partial charge in [-0.2, -0.15) is 9.78 Å². The third kappa shape index (κ3) is 5.42. The predicted molar refractivity (Wildman–Crippen MR) is 140 cm³/mol. The fraction of sp³-hybridized carbons (Fsp3) is 0.192. The largest absolute Gasteiger partial charge is 0.488 e. The summed E-state index contributed by atoms with van der Waals surface area (Å²) >= 11 is 7.02. The predicted octanol–water partition coefficient (Wildman–Crippen LogP) is 6.90. The van der Waals surface area contributed by atoms with Gasteiger partial charge < -0.3 is 4.74 Å². The summed E-state index contributed by atoms with van der Waals surface area (Å²) in [5.41, 5.74) is 2.43. The van der Waals surface area contributed by atoms with E-state index in [1.54, 1.807) is 12.3 Å². The molecule has 0 radical (unpaired) electrons. The highest BCUT2D eigenvalue weighted by atomic mass is 79.9. The average molecular weight is 569 g/mol. The molecule has 4 aromatic rings. The molecule has 0 saturated heterocycles. The number of halogens is 2. The Morgan fingerprint density at radius 1 is 1.09 bits per heavy atom. The van der Waals surface area contributed by atoms with Crippen LogP contribution < -0.4 is 10.3 Å². The van der Waals surface area contributed by atoms with Gasteiger partial charge in [-0.3, -0.25) is 4.79 Å². The Bertz CT molecular complexity index is 1370. The standard InChI is InChI=1S/C26H23Br2N3O2/c1-3-17(2)25-30-23-11-10-20(27)14-21(23)26(32)31(25)29-15-19-9-12-24(22(28)13-19)33-16-18-7-5-4-6-8-18/h4-15,17H,3,16H2,1-2H3/t17-/m0/s1. The summed E-state index contributed by atoms with van der Waals surface area (Å²) in [6.07, 6.45) is 2.52. The lowest BCUT2D eigenvalue weighted by atomic mass is 10.1. The van der Waals surface area contributed by atoms with Crippen LogP contribution in [0.25, 0.3) is 10.9 Å². The van der Waals surface area contributed by atoms with Crippen molar-refractivity contribution in [3.05, 3.63) is 103 Å². The summed E-state index contributed by atoms with van der Waals surface area (Å²) in [6, 6.07) is 21.3. The molecule has 1 heterocycles. The Morgan fingerprint density at radius 2 is 1.88 bits per heavy atom. The lowest BCUT2D eigenvalue weighted by Gasteiger charge is -2.14. The summed E-state index contributed by atoms with van der Waals surface area (Å²) < 4.78 is 8.98. The summed E-state index contributed by atoms with van der Waals surface area (Å²) in [5.74, 6) is 1.48. The number of rotatable bonds is 7. The van der Waals surface area contributed by atoms with E-state index in [1.807, 2.05) is 67.6 Å². The lowest BCUT2D eigenvalue weighted by molar-refractivity contribution is 0.304. The fourth-order valence-corrected chi connectivity index (χ4v) is 4.23. The van der Waals surface area contributed by atoms with Crippen molar-refractivity contribution in [3.63, 3.8) is 0 Å². The van der Waals surface area contributed by atoms with Crippen LogP contribution in [-0.2, 0) is 6.61 Å². The molecule has 0 unspecified atom stereocenters. The normalized spacial score (nSPS) is 12.4. The Balaban J connectivity index is 1.64. The molecule has 0 N–H and O–H groups in total. The molecule has 0 saturated carbocycles. The van der Waals surface area contributed by atoms with Gasteiger partial charge in [0.15, 0.2) is 0 Å². The van der Waals surface area contributed by atoms with Crippen LogP contribution in [0.4, 0.5) is 0 Å². The van der Waals surface area contributed by atoms with Gasteiger partial charge >= 0.3 is 0 Å². The van der Waals surface area contributed by atoms with Crippen LogP contribution in [0, 0.1) is 0 Å². The Kier molecular flexibility index (Phi) is 7.40. The maximum absolute atomic E-state index is 13.2. The van der Waals surface area contributed by atoms with Crippen molar-refractivity contribution in [3.8, 4) is 5.75 Å². The highest BCUT2D eigenvalue weighted by Crippen LogP contribution is 2.27. The van der Waals surface area contributed by atoms with Crippen molar-refractivity contribution in [2.75, 3.05) is 0 Å². The van der Waals surface area contributed by atoms with Crippen LogP contribution in [0.5, 0.6) is 5.75 Å². The first-order valence-corrected chi connectivity index (χ1v) is 12.3. The van der Waals surface area contributed by atoms with Gasteiger partial charge in [0.1, 0.15) is 18.2 Å². The number of hydrogen-bond donors (Lipinski definition) is 0. The van der Waals surface area contributed by atoms with E-state index in [2.05, 4.69) is 43.9 Å². The highest BCUT2D eigenvalue weighted by molar-refractivity contribution is 9.10. The summed E-state index contributed by atoms with van der Waals surface area (Å²) in [7, 11) is 0. The van der Waals surface area contributed by atoms with E-state index < -0.39 is 0 Å². The van der Waals surface area contributed by atoms with Gasteiger partial charge in [-0.25, -0.2) is 4.98 Å². The first-order chi connectivity index (χ1) is 16.0. The molecule has 0 aliphatic heterocycles. The minimum absolute atomic E-state index is 0.0865. The van der Waals surface area contributed by atoms with Crippen LogP contribution in [0.1, 0.15) is 43.1 Å². The van der Waals surface area contributed by atoms with E-state index in [4.69, 9.17) is 9.72 Å². The van der Waals surface area contributed by atoms with Crippen molar-refractivity contribution in [1.29, 1.82) is 0 Å². The zero-order chi connectivity index (χ0) is 23.4. The number of ether oxygens (including phenoxy) is 1. The maximum Gasteiger partial charge on any atom is 0.282 e. The molecule has 5 nitrogen and oxygen atoms in total. The number of hydrogen-bond acceptors (Lipinski definition) is 4. The molecule has 0 aliphatic rings. The molecule has 4 rings (SSSR count). The van der Waals surface area contributed by atoms with E-state index in [0.717, 1.165) is 32.2 Å². The Hall–Kier alpha value is -2.77. The smallest absolute Gasteiger partial charge is 0.282 e. The lowest BCUT2D eigenvalue weighted by Crippen LogP contribution is -2.23. The van der Waals surface area contributed by atoms with Gasteiger partial charge in [0.05, 0.1) is 21.6 Å². The molecule has 1 aromatic heterocycles. The van der Waals surface area contributed by atoms with Crippen LogP contribution in [-0.4, -0.2) is 15.9 Å². The number of fused-ring (bicyclic) bond motifs is 1. The molecule has 3 aromatic carbocycles. The molecule has 33 heavy (non-hydrogen) atoms. The van der Waals surface area contributed by atoms with Crippen molar-refractivity contribution >= 4 is 49.0 Å². The summed E-state index contributed by atoms with van der Waals surface area (Å²) in [4.78, 5) is 18.0. The van der Waals surface area contributed by atoms with E-state index >= 15 is 0 Å². The zero-order valence-corrected chi connectivity index (χ0v) is 21.5. The first-order valence-electron chi connectivity index (χ1n) is 10.7. The Morgan fingerprint density at radius 3 is 2.61 bits per heavy atom. The second-order valence-corrected chi connectivity index (χ2v) is 9.54. The Labute approximate surface area is 209 Å². The van der Waals surface area contributed by atoms with E-state index in [-0.39, 0.29) is 11.5 Å². The minimum atomic E-state index is -0.185. The van der Waals surface area contributed by atoms with Crippen molar-refractivity contribution in [2.45, 2.75) is 32.8 Å². The molecule has 0 amide bonds. The van der Waals surface area contributed by atoms with Gasteiger partial charge in [0.2, 0.25) is 0 Å². The second-order valence-electron chi connectivity index (χ2n) is 7.77. The monoisotopic (exact) mass is 567 g/mol. The molecule has 0 fully saturated rings. The fourth-order valence-electron chi connectivity index (χ4n) is 3.35. The molecule has 0 spiro atoms. The minimum Gasteiger partial charge on any atom is -0.488 e. The van der Waals surface area contributed by atoms with Gasteiger partial charge in [0.25, 0.3) is 5.56 Å². The average Bonchev–Trinajstić information content (AvgIpc) is 2.83. The molecule has 0 bridgehead atoms. The van der Waals surface area contributed by atoms with Crippen molar-refractivity contribution in [1.82, 2.24) is 9.66 Å². The molecular formula is C26H23Br2N3O2. The van der Waals surface area contributed by atoms with Crippen LogP contribution in [0.3, 0.4) is 0 Å². The SMILES string of the molecule is CC[C@H](C)c1nc2ccc(Br)cc2c(=O)n1N=Cc1ccc(OCc2ccccc2)c(Br)c1. The first kappa shape index (κ1) is 23.4. The van der Waals surface area contributed by atoms with Crippen LogP contribution in [0.2, 0.25) is 0 Å². The molecule has 0 aliphatic carbocycles. The molecule has 1 atom stereocenters. The molecular weight excluding hydrogens is 546 g/mol. The highest BCUT2D eigenvalue weighted by Gasteiger charge is 2.15. The van der Waals surface area contributed by atoms with Crippen LogP contribution in [0.15, 0.2) is 85.6 Å². The van der Waals surface area contributed by atoms with Gasteiger partial charge in [-0.05, 0) is 69.9 Å². The third-order valence-corrected chi connectivity index (χ3v) is 6.51. The third-order valence-electron chi connectivity index (χ3n) is 5.40. The second kappa shape index (κ2) is 10.4. The van der Waals surface area contributed by atoms with E-state index in [1.165, 1.54) is 4.68 Å². The molecule has 168 valence electrons.